The van der Waals surface area contributed by atoms with Gasteiger partial charge in [0.1, 0.15) is 12.4 Å². The highest BCUT2D eigenvalue weighted by Crippen LogP contribution is 2.36. The second-order valence-corrected chi connectivity index (χ2v) is 12.6. The number of nitrogens with zero attached hydrogens (tertiary/aromatic N) is 2. The number of esters is 1. The number of hydrogen-bond donors (Lipinski definition) is 0. The topological polar surface area (TPSA) is 69.9 Å². The molecule has 0 N–H and O–H groups in total. The zero-order valence-electron chi connectivity index (χ0n) is 21.5. The molecule has 6 nitrogen and oxygen atoms in total. The molecule has 1 aliphatic rings. The highest BCUT2D eigenvalue weighted by Gasteiger charge is 2.33. The largest absolute Gasteiger partial charge is 0.487 e. The fourth-order valence-electron chi connectivity index (χ4n) is 4.43. The predicted octanol–water partition coefficient (Wildman–Crippen LogP) is 6.66. The molecule has 1 atom stereocenters. The number of thiazole rings is 1. The van der Waals surface area contributed by atoms with Gasteiger partial charge in [0.25, 0.3) is 5.56 Å². The highest BCUT2D eigenvalue weighted by molar-refractivity contribution is 9.11. The van der Waals surface area contributed by atoms with Gasteiger partial charge in [-0.05, 0) is 92.7 Å². The van der Waals surface area contributed by atoms with Gasteiger partial charge in [0.15, 0.2) is 4.80 Å². The minimum Gasteiger partial charge on any atom is -0.487 e. The Kier molecular flexibility index (Phi) is 8.89. The van der Waals surface area contributed by atoms with Crippen LogP contribution in [0.2, 0.25) is 0 Å². The first-order chi connectivity index (χ1) is 19.3. The average molecular weight is 747 g/mol. The van der Waals surface area contributed by atoms with E-state index in [0.717, 1.165) is 30.1 Å². The van der Waals surface area contributed by atoms with Crippen LogP contribution in [0.15, 0.2) is 101 Å². The van der Waals surface area contributed by atoms with Gasteiger partial charge in [0, 0.05) is 4.47 Å². The van der Waals surface area contributed by atoms with Gasteiger partial charge in [-0.2, -0.15) is 0 Å². The molecule has 0 fully saturated rings. The summed E-state index contributed by atoms with van der Waals surface area (Å²) >= 11 is 12.0. The number of hydrogen-bond acceptors (Lipinski definition) is 6. The maximum atomic E-state index is 13.8. The molecule has 0 radical (unpaired) electrons. The van der Waals surface area contributed by atoms with Crippen LogP contribution in [0.1, 0.15) is 36.6 Å². The molecule has 0 unspecified atom stereocenters. The first-order valence-electron chi connectivity index (χ1n) is 12.4. The normalized spacial score (nSPS) is 15.0. The number of ether oxygens (including phenoxy) is 2. The lowest BCUT2D eigenvalue weighted by Crippen LogP contribution is -2.39. The van der Waals surface area contributed by atoms with Gasteiger partial charge in [0.2, 0.25) is 0 Å². The molecule has 204 valence electrons. The summed E-state index contributed by atoms with van der Waals surface area (Å²) in [7, 11) is 0. The Morgan fingerprint density at radius 3 is 2.38 bits per heavy atom. The fraction of sp³-hybridized carbons (Fsp3) is 0.167. The second kappa shape index (κ2) is 12.4. The van der Waals surface area contributed by atoms with Crippen molar-refractivity contribution in [3.63, 3.8) is 0 Å². The number of aromatic nitrogens is 1. The van der Waals surface area contributed by atoms with E-state index in [0.29, 0.717) is 33.0 Å². The molecule has 2 heterocycles. The summed E-state index contributed by atoms with van der Waals surface area (Å²) in [5, 5.41) is 0. The van der Waals surface area contributed by atoms with Crippen molar-refractivity contribution in [3.8, 4) is 5.75 Å². The van der Waals surface area contributed by atoms with E-state index in [1.54, 1.807) is 18.4 Å². The van der Waals surface area contributed by atoms with Crippen LogP contribution in [0.25, 0.3) is 6.08 Å². The summed E-state index contributed by atoms with van der Waals surface area (Å²) in [4.78, 5) is 32.1. The Labute approximate surface area is 260 Å². The second-order valence-electron chi connectivity index (χ2n) is 8.94. The van der Waals surface area contributed by atoms with E-state index in [1.807, 2.05) is 72.8 Å². The van der Waals surface area contributed by atoms with Crippen molar-refractivity contribution >= 4 is 71.2 Å². The number of benzene rings is 3. The molecule has 10 heteroatoms. The number of halogens is 3. The van der Waals surface area contributed by atoms with Crippen LogP contribution in [0.4, 0.5) is 0 Å². The van der Waals surface area contributed by atoms with E-state index < -0.39 is 12.0 Å². The van der Waals surface area contributed by atoms with E-state index >= 15 is 0 Å². The van der Waals surface area contributed by atoms with Gasteiger partial charge in [-0.25, -0.2) is 9.79 Å². The fourth-order valence-corrected chi connectivity index (χ4v) is 7.20. The lowest BCUT2D eigenvalue weighted by atomic mass is 9.96. The lowest BCUT2D eigenvalue weighted by Gasteiger charge is -2.24. The lowest BCUT2D eigenvalue weighted by molar-refractivity contribution is -0.139. The van der Waals surface area contributed by atoms with Crippen molar-refractivity contribution in [2.45, 2.75) is 26.5 Å². The van der Waals surface area contributed by atoms with Crippen LogP contribution in [0, 0.1) is 0 Å². The van der Waals surface area contributed by atoms with E-state index in [9.17, 15) is 9.59 Å². The predicted molar refractivity (Wildman–Crippen MR) is 167 cm³/mol. The van der Waals surface area contributed by atoms with Crippen molar-refractivity contribution in [2.24, 2.45) is 4.99 Å². The Morgan fingerprint density at radius 1 is 1.05 bits per heavy atom. The van der Waals surface area contributed by atoms with E-state index in [2.05, 4.69) is 52.8 Å². The first kappa shape index (κ1) is 28.7. The summed E-state index contributed by atoms with van der Waals surface area (Å²) in [6.07, 6.45) is 1.82. The SMILES string of the molecule is CCOC(=O)C1=C(C)N=c2s/c(=C\c3cc(Br)c(OCc4ccccc4)c(Br)c3)c(=O)n2[C@@H]1c1ccc(Br)cc1. The standard InChI is InChI=1S/C30H23Br3N2O4S/c1-3-38-29(37)25-17(2)34-30-35(26(25)20-9-11-21(31)12-10-20)28(36)24(40-30)15-19-13-22(32)27(23(33)14-19)39-16-18-7-5-4-6-8-18/h4-15,26H,3,16H2,1-2H3/b24-15-/t26-/m1/s1. The Bertz CT molecular complexity index is 1770. The Balaban J connectivity index is 1.56. The molecule has 3 aromatic carbocycles. The van der Waals surface area contributed by atoms with Crippen molar-refractivity contribution in [3.05, 3.63) is 128 Å². The summed E-state index contributed by atoms with van der Waals surface area (Å²) < 4.78 is 15.9. The van der Waals surface area contributed by atoms with Crippen molar-refractivity contribution in [1.82, 2.24) is 4.57 Å². The third kappa shape index (κ3) is 5.95. The number of allylic oxidation sites excluding steroid dienone is 1. The van der Waals surface area contributed by atoms with E-state index in [-0.39, 0.29) is 12.2 Å². The van der Waals surface area contributed by atoms with Gasteiger partial charge in [0.05, 0.1) is 37.4 Å². The molecule has 5 rings (SSSR count). The van der Waals surface area contributed by atoms with Gasteiger partial charge >= 0.3 is 5.97 Å². The Hall–Kier alpha value is -2.79. The molecule has 0 saturated heterocycles. The first-order valence-corrected chi connectivity index (χ1v) is 15.6. The molecule has 1 aliphatic heterocycles. The van der Waals surface area contributed by atoms with Gasteiger partial charge in [-0.3, -0.25) is 9.36 Å². The van der Waals surface area contributed by atoms with E-state index in [4.69, 9.17) is 9.47 Å². The van der Waals surface area contributed by atoms with Crippen molar-refractivity contribution in [2.75, 3.05) is 6.61 Å². The van der Waals surface area contributed by atoms with Crippen LogP contribution in [-0.2, 0) is 16.1 Å². The maximum absolute atomic E-state index is 13.8. The van der Waals surface area contributed by atoms with Crippen LogP contribution in [0.3, 0.4) is 0 Å². The number of rotatable bonds is 7. The molecule has 0 aliphatic carbocycles. The quantitative estimate of drug-likeness (QED) is 0.199. The molecule has 0 bridgehead atoms. The van der Waals surface area contributed by atoms with Crippen molar-refractivity contribution in [1.29, 1.82) is 0 Å². The summed E-state index contributed by atoms with van der Waals surface area (Å²) in [5.41, 5.74) is 3.31. The van der Waals surface area contributed by atoms with Crippen LogP contribution >= 0.6 is 59.1 Å². The zero-order valence-corrected chi connectivity index (χ0v) is 27.1. The Morgan fingerprint density at radius 2 is 1.73 bits per heavy atom. The number of carbonyl (C=O) groups excluding carboxylic acids is 1. The minimum absolute atomic E-state index is 0.224. The third-order valence-electron chi connectivity index (χ3n) is 6.25. The monoisotopic (exact) mass is 744 g/mol. The number of carbonyl (C=O) groups is 1. The molecular weight excluding hydrogens is 724 g/mol. The smallest absolute Gasteiger partial charge is 0.338 e. The zero-order chi connectivity index (χ0) is 28.4. The maximum Gasteiger partial charge on any atom is 0.338 e. The molecule has 0 saturated carbocycles. The van der Waals surface area contributed by atoms with Crippen LogP contribution in [-0.4, -0.2) is 17.1 Å². The molecule has 1 aromatic heterocycles. The minimum atomic E-state index is -0.655. The average Bonchev–Trinajstić information content (AvgIpc) is 3.22. The van der Waals surface area contributed by atoms with Gasteiger partial charge in [-0.1, -0.05) is 69.7 Å². The summed E-state index contributed by atoms with van der Waals surface area (Å²) in [6.45, 7) is 4.18. The molecular formula is C30H23Br3N2O4S. The summed E-state index contributed by atoms with van der Waals surface area (Å²) in [6, 6.07) is 20.7. The molecule has 40 heavy (non-hydrogen) atoms. The van der Waals surface area contributed by atoms with Crippen LogP contribution in [0.5, 0.6) is 5.75 Å². The molecule has 0 amide bonds. The van der Waals surface area contributed by atoms with Gasteiger partial charge < -0.3 is 9.47 Å². The molecule has 4 aromatic rings. The number of fused-ring (bicyclic) bond motifs is 1. The third-order valence-corrected chi connectivity index (χ3v) is 8.94. The highest BCUT2D eigenvalue weighted by atomic mass is 79.9. The van der Waals surface area contributed by atoms with Gasteiger partial charge in [-0.15, -0.1) is 0 Å². The summed E-state index contributed by atoms with van der Waals surface area (Å²) in [5.74, 6) is 0.192. The van der Waals surface area contributed by atoms with Crippen molar-refractivity contribution < 1.29 is 14.3 Å². The molecule has 0 spiro atoms. The van der Waals surface area contributed by atoms with E-state index in [1.165, 1.54) is 11.3 Å². The van der Waals surface area contributed by atoms with Crippen LogP contribution < -0.4 is 19.6 Å².